The summed E-state index contributed by atoms with van der Waals surface area (Å²) in [7, 11) is 2.82. The molecule has 1 amide bonds. The zero-order valence-corrected chi connectivity index (χ0v) is 15.7. The van der Waals surface area contributed by atoms with Crippen molar-refractivity contribution in [3.8, 4) is 0 Å². The number of ether oxygens (including phenoxy) is 2. The van der Waals surface area contributed by atoms with E-state index < -0.39 is 23.7 Å². The Labute approximate surface area is 151 Å². The average Bonchev–Trinajstić information content (AvgIpc) is 2.55. The molecule has 0 bridgehead atoms. The lowest BCUT2D eigenvalue weighted by Crippen LogP contribution is -2.60. The Balaban J connectivity index is 2.29. The fraction of sp³-hybridized carbons (Fsp3) is 0.625. The van der Waals surface area contributed by atoms with Gasteiger partial charge in [0.05, 0.1) is 13.7 Å². The number of methoxy groups -OCH3 is 1. The first-order valence-corrected chi connectivity index (χ1v) is 8.19. The van der Waals surface area contributed by atoms with E-state index in [2.05, 4.69) is 4.98 Å². The minimum atomic E-state index is -0.887. The van der Waals surface area contributed by atoms with Gasteiger partial charge >= 0.3 is 12.1 Å². The summed E-state index contributed by atoms with van der Waals surface area (Å²) in [5.74, 6) is -0.158. The Morgan fingerprint density at radius 2 is 1.96 bits per heavy atom. The van der Waals surface area contributed by atoms with E-state index in [1.807, 2.05) is 0 Å². The fourth-order valence-corrected chi connectivity index (χ4v) is 2.67. The van der Waals surface area contributed by atoms with Crippen LogP contribution >= 0.6 is 0 Å². The lowest BCUT2D eigenvalue weighted by molar-refractivity contribution is -0.147. The number of piperazine rings is 1. The van der Waals surface area contributed by atoms with Crippen molar-refractivity contribution in [1.29, 1.82) is 0 Å². The number of rotatable bonds is 2. The zero-order valence-electron chi connectivity index (χ0n) is 15.7. The van der Waals surface area contributed by atoms with Gasteiger partial charge in [0.25, 0.3) is 5.56 Å². The number of hydrogen-bond donors (Lipinski definition) is 1. The van der Waals surface area contributed by atoms with E-state index in [1.54, 1.807) is 32.7 Å². The van der Waals surface area contributed by atoms with E-state index in [0.717, 1.165) is 0 Å². The molecule has 1 aliphatic rings. The van der Waals surface area contributed by atoms with Gasteiger partial charge in [-0.05, 0) is 20.8 Å². The van der Waals surface area contributed by atoms with Crippen molar-refractivity contribution >= 4 is 23.8 Å². The highest BCUT2D eigenvalue weighted by Gasteiger charge is 2.39. The monoisotopic (exact) mass is 367 g/mol. The molecule has 10 nitrogen and oxygen atoms in total. The van der Waals surface area contributed by atoms with E-state index in [9.17, 15) is 14.4 Å². The van der Waals surface area contributed by atoms with Crippen LogP contribution in [0.1, 0.15) is 20.8 Å². The highest BCUT2D eigenvalue weighted by Crippen LogP contribution is 2.20. The first kappa shape index (κ1) is 19.5. The van der Waals surface area contributed by atoms with Crippen LogP contribution in [0.4, 0.5) is 16.6 Å². The molecule has 0 radical (unpaired) electrons. The maximum atomic E-state index is 12.4. The van der Waals surface area contributed by atoms with Gasteiger partial charge in [-0.15, -0.1) is 0 Å². The van der Waals surface area contributed by atoms with Crippen LogP contribution < -0.4 is 16.2 Å². The largest absolute Gasteiger partial charge is 0.467 e. The molecule has 1 aromatic heterocycles. The first-order chi connectivity index (χ1) is 12.0. The van der Waals surface area contributed by atoms with Gasteiger partial charge in [-0.3, -0.25) is 14.3 Å². The van der Waals surface area contributed by atoms with Crippen LogP contribution in [-0.2, 0) is 21.3 Å². The quantitative estimate of drug-likeness (QED) is 0.723. The Morgan fingerprint density at radius 1 is 1.31 bits per heavy atom. The second-order valence-electron chi connectivity index (χ2n) is 7.04. The maximum absolute atomic E-state index is 12.4. The van der Waals surface area contributed by atoms with Crippen molar-refractivity contribution in [1.82, 2.24) is 14.5 Å². The molecule has 1 aliphatic heterocycles. The summed E-state index contributed by atoms with van der Waals surface area (Å²) in [5, 5.41) is 0. The first-order valence-electron chi connectivity index (χ1n) is 8.19. The topological polar surface area (TPSA) is 120 Å². The predicted octanol–water partition coefficient (Wildman–Crippen LogP) is -0.0388. The second kappa shape index (κ2) is 7.22. The highest BCUT2D eigenvalue weighted by atomic mass is 16.6. The molecule has 1 saturated heterocycles. The molecule has 0 aromatic carbocycles. The summed E-state index contributed by atoms with van der Waals surface area (Å²) >= 11 is 0. The third-order valence-corrected chi connectivity index (χ3v) is 3.90. The number of hydrogen-bond acceptors (Lipinski definition) is 8. The molecule has 0 aliphatic carbocycles. The van der Waals surface area contributed by atoms with Gasteiger partial charge in [-0.1, -0.05) is 0 Å². The van der Waals surface area contributed by atoms with Gasteiger partial charge in [0, 0.05) is 26.2 Å². The van der Waals surface area contributed by atoms with Gasteiger partial charge in [0.1, 0.15) is 11.4 Å². The van der Waals surface area contributed by atoms with Crippen molar-refractivity contribution < 1.29 is 19.1 Å². The number of nitrogens with two attached hydrogens (primary N) is 1. The van der Waals surface area contributed by atoms with Crippen LogP contribution in [0.15, 0.2) is 10.9 Å². The minimum absolute atomic E-state index is 0.0901. The molecule has 2 N–H and O–H groups in total. The van der Waals surface area contributed by atoms with Crippen LogP contribution in [0, 0.1) is 0 Å². The van der Waals surface area contributed by atoms with Crippen LogP contribution in [0.25, 0.3) is 0 Å². The summed E-state index contributed by atoms with van der Waals surface area (Å²) < 4.78 is 11.5. The third-order valence-electron chi connectivity index (χ3n) is 3.90. The molecular weight excluding hydrogens is 342 g/mol. The van der Waals surface area contributed by atoms with Gasteiger partial charge in [-0.2, -0.15) is 4.98 Å². The van der Waals surface area contributed by atoms with Crippen LogP contribution in [0.5, 0.6) is 0 Å². The molecule has 144 valence electrons. The number of carbonyl (C=O) groups is 2. The lowest BCUT2D eigenvalue weighted by Gasteiger charge is -2.40. The van der Waals surface area contributed by atoms with E-state index in [-0.39, 0.29) is 24.5 Å². The molecule has 26 heavy (non-hydrogen) atoms. The van der Waals surface area contributed by atoms with E-state index in [0.29, 0.717) is 12.5 Å². The Hall–Kier alpha value is -2.78. The molecule has 1 fully saturated rings. The molecule has 1 atom stereocenters. The van der Waals surface area contributed by atoms with Crippen molar-refractivity contribution in [2.24, 2.45) is 7.05 Å². The maximum Gasteiger partial charge on any atom is 0.411 e. The van der Waals surface area contributed by atoms with Gasteiger partial charge in [-0.25, -0.2) is 9.59 Å². The zero-order chi connectivity index (χ0) is 19.6. The lowest BCUT2D eigenvalue weighted by atomic mass is 10.1. The summed E-state index contributed by atoms with van der Waals surface area (Å²) in [4.78, 5) is 43.9. The van der Waals surface area contributed by atoms with E-state index in [1.165, 1.54) is 22.6 Å². The number of nitrogen functional groups attached to an aromatic ring is 1. The molecule has 2 heterocycles. The summed E-state index contributed by atoms with van der Waals surface area (Å²) in [5.41, 5.74) is 4.68. The average molecular weight is 367 g/mol. The van der Waals surface area contributed by atoms with Crippen molar-refractivity contribution in [3.05, 3.63) is 16.4 Å². The molecule has 2 rings (SSSR count). The van der Waals surface area contributed by atoms with E-state index in [4.69, 9.17) is 15.2 Å². The van der Waals surface area contributed by atoms with Gasteiger partial charge < -0.3 is 20.1 Å². The fourth-order valence-electron chi connectivity index (χ4n) is 2.67. The number of carbonyl (C=O) groups excluding carboxylic acids is 2. The third kappa shape index (κ3) is 4.24. The molecule has 10 heteroatoms. The predicted molar refractivity (Wildman–Crippen MR) is 94.8 cm³/mol. The number of anilines is 2. The molecule has 0 unspecified atom stereocenters. The summed E-state index contributed by atoms with van der Waals surface area (Å²) in [6.07, 6.45) is -0.595. The Bertz CT molecular complexity index is 754. The van der Waals surface area contributed by atoms with Crippen LogP contribution in [0.3, 0.4) is 0 Å². The number of amides is 1. The van der Waals surface area contributed by atoms with Crippen molar-refractivity contribution in [3.63, 3.8) is 0 Å². The minimum Gasteiger partial charge on any atom is -0.467 e. The molecule has 0 saturated carbocycles. The summed E-state index contributed by atoms with van der Waals surface area (Å²) in [6, 6.07) is 0.333. The number of esters is 1. The standard InChI is InChI=1S/C16H25N5O5/c1-16(2,3)26-15(24)21-7-6-20(9-10(21)13(23)25-5)14-18-11(17)8-12(22)19(14)4/h8,10H,6-7,9,17H2,1-5H3/t10-/m1/s1. The van der Waals surface area contributed by atoms with Gasteiger partial charge in [0.15, 0.2) is 6.04 Å². The number of nitrogens with zero attached hydrogens (tertiary/aromatic N) is 4. The smallest absolute Gasteiger partial charge is 0.411 e. The second-order valence-corrected chi connectivity index (χ2v) is 7.04. The highest BCUT2D eigenvalue weighted by molar-refractivity contribution is 5.82. The molecule has 1 aromatic rings. The van der Waals surface area contributed by atoms with Crippen molar-refractivity contribution in [2.75, 3.05) is 37.4 Å². The van der Waals surface area contributed by atoms with Gasteiger partial charge in [0.2, 0.25) is 5.95 Å². The normalized spacial score (nSPS) is 17.8. The SMILES string of the molecule is COC(=O)[C@H]1CN(c2nc(N)cc(=O)n2C)CCN1C(=O)OC(C)(C)C. The number of aromatic nitrogens is 2. The molecule has 0 spiro atoms. The Kier molecular flexibility index (Phi) is 5.43. The van der Waals surface area contributed by atoms with Crippen LogP contribution in [0.2, 0.25) is 0 Å². The Morgan fingerprint density at radius 3 is 2.54 bits per heavy atom. The van der Waals surface area contributed by atoms with E-state index >= 15 is 0 Å². The van der Waals surface area contributed by atoms with Crippen molar-refractivity contribution in [2.45, 2.75) is 32.4 Å². The molecular formula is C16H25N5O5. The van der Waals surface area contributed by atoms with Crippen LogP contribution in [-0.4, -0.2) is 64.9 Å². The summed E-state index contributed by atoms with van der Waals surface area (Å²) in [6.45, 7) is 5.92.